The first-order chi connectivity index (χ1) is 16.2. The zero-order valence-electron chi connectivity index (χ0n) is 20.1. The van der Waals surface area contributed by atoms with Crippen molar-refractivity contribution in [3.63, 3.8) is 0 Å². The molecule has 5 unspecified atom stereocenters. The fraction of sp³-hybridized carbons (Fsp3) is 0.556. The Hall–Kier alpha value is -1.80. The third-order valence-electron chi connectivity index (χ3n) is 7.82. The number of rotatable bonds is 7. The number of hydrogen-bond donors (Lipinski definition) is 4. The Morgan fingerprint density at radius 1 is 0.939 bits per heavy atom. The lowest BCUT2D eigenvalue weighted by Gasteiger charge is -2.37. The van der Waals surface area contributed by atoms with Crippen LogP contribution in [0.1, 0.15) is 49.0 Å². The summed E-state index contributed by atoms with van der Waals surface area (Å²) in [5.74, 6) is 0.504. The van der Waals surface area contributed by atoms with Gasteiger partial charge in [-0.25, -0.2) is 0 Å². The summed E-state index contributed by atoms with van der Waals surface area (Å²) in [5.41, 5.74) is 4.17. The molecule has 4 N–H and O–H groups in total. The molecule has 6 heteroatoms. The van der Waals surface area contributed by atoms with Crippen LogP contribution >= 0.6 is 0 Å². The maximum Gasteiger partial charge on any atom is 0.0644 e. The first-order valence-electron chi connectivity index (χ1n) is 12.8. The Morgan fingerprint density at radius 2 is 1.67 bits per heavy atom. The fourth-order valence-corrected chi connectivity index (χ4v) is 5.68. The topological polar surface area (TPSA) is 54.6 Å². The lowest BCUT2D eigenvalue weighted by atomic mass is 9.94. The Labute approximate surface area is 199 Å². The van der Waals surface area contributed by atoms with Gasteiger partial charge in [-0.2, -0.15) is 0 Å². The van der Waals surface area contributed by atoms with E-state index in [4.69, 9.17) is 0 Å². The van der Waals surface area contributed by atoms with E-state index in [0.717, 1.165) is 19.6 Å². The number of nitrogens with one attached hydrogen (secondary N) is 4. The molecule has 3 saturated heterocycles. The van der Waals surface area contributed by atoms with Crippen LogP contribution < -0.4 is 21.3 Å². The van der Waals surface area contributed by atoms with E-state index in [9.17, 15) is 0 Å². The van der Waals surface area contributed by atoms with E-state index in [2.05, 4.69) is 99.5 Å². The fourth-order valence-electron chi connectivity index (χ4n) is 5.68. The van der Waals surface area contributed by atoms with Gasteiger partial charge in [0.1, 0.15) is 0 Å². The van der Waals surface area contributed by atoms with E-state index in [0.29, 0.717) is 30.3 Å². The van der Waals surface area contributed by atoms with Gasteiger partial charge in [0, 0.05) is 57.4 Å². The number of benzene rings is 2. The van der Waals surface area contributed by atoms with E-state index >= 15 is 0 Å². The number of hydrogen-bond acceptors (Lipinski definition) is 6. The molecule has 3 fully saturated rings. The van der Waals surface area contributed by atoms with Gasteiger partial charge in [-0.3, -0.25) is 26.2 Å². The highest BCUT2D eigenvalue weighted by Gasteiger charge is 2.41. The molecule has 3 aliphatic rings. The number of fused-ring (bicyclic) bond motifs is 1. The van der Waals surface area contributed by atoms with Gasteiger partial charge in [0.05, 0.1) is 12.3 Å². The zero-order valence-corrected chi connectivity index (χ0v) is 20.1. The quantitative estimate of drug-likeness (QED) is 0.523. The van der Waals surface area contributed by atoms with Crippen molar-refractivity contribution >= 4 is 0 Å². The van der Waals surface area contributed by atoms with Gasteiger partial charge in [-0.1, -0.05) is 61.5 Å². The van der Waals surface area contributed by atoms with Gasteiger partial charge < -0.3 is 4.90 Å². The molecule has 2 aromatic carbocycles. The Morgan fingerprint density at radius 3 is 2.39 bits per heavy atom. The summed E-state index contributed by atoms with van der Waals surface area (Å²) in [7, 11) is 0. The number of likely N-dealkylation sites (N-methyl/N-ethyl adjacent to an activating group) is 1. The molecule has 3 aliphatic heterocycles. The van der Waals surface area contributed by atoms with Crippen molar-refractivity contribution in [2.24, 2.45) is 5.92 Å². The standard InChI is InChI=1S/C27H40N6/c1-3-32-13-15-33(16-14-32)18-21-9-11-23(12-10-21)25-17-24-26(28-19-29-27(24)31-25)30-20(2)22-7-5-4-6-8-22/h4-12,20,24-31H,3,13-19H2,1-2H3. The van der Waals surface area contributed by atoms with Crippen LogP contribution in [0.3, 0.4) is 0 Å². The minimum absolute atomic E-state index is 0.296. The Kier molecular flexibility index (Phi) is 7.40. The second kappa shape index (κ2) is 10.6. The van der Waals surface area contributed by atoms with Crippen LogP contribution in [0.4, 0.5) is 0 Å². The van der Waals surface area contributed by atoms with E-state index < -0.39 is 0 Å². The van der Waals surface area contributed by atoms with Crippen molar-refractivity contribution in [1.82, 2.24) is 31.1 Å². The first kappa shape index (κ1) is 23.0. The summed E-state index contributed by atoms with van der Waals surface area (Å²) in [6.07, 6.45) is 1.76. The van der Waals surface area contributed by atoms with Crippen molar-refractivity contribution in [3.8, 4) is 0 Å². The van der Waals surface area contributed by atoms with Crippen LogP contribution in [0.25, 0.3) is 0 Å². The summed E-state index contributed by atoms with van der Waals surface area (Å²) in [6, 6.07) is 20.8. The molecule has 0 amide bonds. The average Bonchev–Trinajstić information content (AvgIpc) is 3.31. The predicted molar refractivity (Wildman–Crippen MR) is 135 cm³/mol. The summed E-state index contributed by atoms with van der Waals surface area (Å²) in [4.78, 5) is 5.12. The van der Waals surface area contributed by atoms with Gasteiger partial charge in [-0.15, -0.1) is 0 Å². The molecular weight excluding hydrogens is 408 g/mol. The minimum atomic E-state index is 0.296. The number of piperazine rings is 1. The molecule has 33 heavy (non-hydrogen) atoms. The molecule has 0 spiro atoms. The maximum absolute atomic E-state index is 3.86. The largest absolute Gasteiger partial charge is 0.301 e. The van der Waals surface area contributed by atoms with Crippen molar-refractivity contribution < 1.29 is 0 Å². The lowest BCUT2D eigenvalue weighted by Crippen LogP contribution is -2.63. The van der Waals surface area contributed by atoms with Gasteiger partial charge in [-0.05, 0) is 36.6 Å². The van der Waals surface area contributed by atoms with Crippen molar-refractivity contribution in [1.29, 1.82) is 0 Å². The Balaban J connectivity index is 1.17. The monoisotopic (exact) mass is 448 g/mol. The van der Waals surface area contributed by atoms with Crippen LogP contribution in [0.5, 0.6) is 0 Å². The molecule has 0 aromatic heterocycles. The van der Waals surface area contributed by atoms with Crippen molar-refractivity contribution in [2.45, 2.75) is 51.2 Å². The summed E-state index contributed by atoms with van der Waals surface area (Å²) in [5, 5.41) is 15.0. The van der Waals surface area contributed by atoms with Crippen LogP contribution in [0.15, 0.2) is 54.6 Å². The SMILES string of the molecule is CCN1CCN(Cc2ccc(C3CC4C(NC(C)c5ccccc5)NCNC4N3)cc2)CC1. The number of nitrogens with zero attached hydrogens (tertiary/aromatic N) is 2. The van der Waals surface area contributed by atoms with E-state index in [-0.39, 0.29) is 0 Å². The average molecular weight is 449 g/mol. The molecule has 0 radical (unpaired) electrons. The second-order valence-corrected chi connectivity index (χ2v) is 9.91. The summed E-state index contributed by atoms with van der Waals surface area (Å²) in [6.45, 7) is 12.3. The molecule has 0 aliphatic carbocycles. The van der Waals surface area contributed by atoms with E-state index in [1.165, 1.54) is 49.4 Å². The van der Waals surface area contributed by atoms with Crippen LogP contribution in [-0.2, 0) is 6.54 Å². The predicted octanol–water partition coefficient (Wildman–Crippen LogP) is 2.63. The molecule has 5 atom stereocenters. The van der Waals surface area contributed by atoms with Crippen molar-refractivity contribution in [2.75, 3.05) is 39.4 Å². The molecular formula is C27H40N6. The van der Waals surface area contributed by atoms with Crippen molar-refractivity contribution in [3.05, 3.63) is 71.3 Å². The molecule has 6 nitrogen and oxygen atoms in total. The van der Waals surface area contributed by atoms with Gasteiger partial charge in [0.15, 0.2) is 0 Å². The van der Waals surface area contributed by atoms with Gasteiger partial charge >= 0.3 is 0 Å². The minimum Gasteiger partial charge on any atom is -0.301 e. The van der Waals surface area contributed by atoms with E-state index in [1.807, 2.05) is 0 Å². The van der Waals surface area contributed by atoms with Gasteiger partial charge in [0.25, 0.3) is 0 Å². The highest BCUT2D eigenvalue weighted by molar-refractivity contribution is 5.27. The molecule has 2 aromatic rings. The van der Waals surface area contributed by atoms with Gasteiger partial charge in [0.2, 0.25) is 0 Å². The summed E-state index contributed by atoms with van der Waals surface area (Å²) >= 11 is 0. The molecule has 178 valence electrons. The zero-order chi connectivity index (χ0) is 22.6. The Bertz CT molecular complexity index is 864. The second-order valence-electron chi connectivity index (χ2n) is 9.91. The smallest absolute Gasteiger partial charge is 0.0644 e. The molecule has 0 saturated carbocycles. The highest BCUT2D eigenvalue weighted by Crippen LogP contribution is 2.34. The van der Waals surface area contributed by atoms with Crippen LogP contribution in [-0.4, -0.2) is 61.5 Å². The first-order valence-corrected chi connectivity index (χ1v) is 12.8. The molecule has 5 rings (SSSR count). The third-order valence-corrected chi connectivity index (χ3v) is 7.82. The molecule has 3 heterocycles. The van der Waals surface area contributed by atoms with Crippen LogP contribution in [0, 0.1) is 5.92 Å². The normalized spacial score (nSPS) is 29.6. The van der Waals surface area contributed by atoms with Crippen LogP contribution in [0.2, 0.25) is 0 Å². The van der Waals surface area contributed by atoms with E-state index in [1.54, 1.807) is 0 Å². The molecule has 0 bridgehead atoms. The summed E-state index contributed by atoms with van der Waals surface area (Å²) < 4.78 is 0. The lowest BCUT2D eigenvalue weighted by molar-refractivity contribution is 0.132. The maximum atomic E-state index is 3.86. The third kappa shape index (κ3) is 5.48. The highest BCUT2D eigenvalue weighted by atomic mass is 15.3.